The van der Waals surface area contributed by atoms with Gasteiger partial charge in [-0.15, -0.1) is 0 Å². The Balaban J connectivity index is 2.29. The lowest BCUT2D eigenvalue weighted by atomic mass is 10.1. The predicted molar refractivity (Wildman–Crippen MR) is 92.7 cm³/mol. The van der Waals surface area contributed by atoms with Crippen molar-refractivity contribution in [2.45, 2.75) is 20.4 Å². The highest BCUT2D eigenvalue weighted by Crippen LogP contribution is 2.19. The fraction of sp³-hybridized carbons (Fsp3) is 0.278. The summed E-state index contributed by atoms with van der Waals surface area (Å²) < 4.78 is 8.17. The number of fused-ring (bicyclic) bond motifs is 1. The van der Waals surface area contributed by atoms with Gasteiger partial charge in [0.2, 0.25) is 0 Å². The van der Waals surface area contributed by atoms with Crippen molar-refractivity contribution < 1.29 is 4.74 Å². The third kappa shape index (κ3) is 2.60. The summed E-state index contributed by atoms with van der Waals surface area (Å²) in [5, 5.41) is 0.329. The van der Waals surface area contributed by atoms with E-state index < -0.39 is 5.69 Å². The number of ether oxygens (including phenoxy) is 1. The van der Waals surface area contributed by atoms with Crippen LogP contribution in [-0.2, 0) is 13.6 Å². The molecule has 0 aliphatic heterocycles. The van der Waals surface area contributed by atoms with Gasteiger partial charge >= 0.3 is 5.69 Å². The lowest BCUT2D eigenvalue weighted by molar-refractivity contribution is 0.343. The van der Waals surface area contributed by atoms with E-state index in [1.807, 2.05) is 38.1 Å². The molecule has 24 heavy (non-hydrogen) atoms. The smallest absolute Gasteiger partial charge is 0.332 e. The van der Waals surface area contributed by atoms with E-state index >= 15 is 0 Å². The highest BCUT2D eigenvalue weighted by Gasteiger charge is 2.16. The van der Waals surface area contributed by atoms with Crippen LogP contribution in [-0.4, -0.2) is 20.7 Å². The summed E-state index contributed by atoms with van der Waals surface area (Å²) in [6.45, 7) is 4.45. The van der Waals surface area contributed by atoms with Gasteiger partial charge in [0, 0.05) is 13.2 Å². The van der Waals surface area contributed by atoms with E-state index in [-0.39, 0.29) is 12.1 Å². The summed E-state index contributed by atoms with van der Waals surface area (Å²) in [4.78, 5) is 29.8. The van der Waals surface area contributed by atoms with Crippen molar-refractivity contribution in [1.82, 2.24) is 14.1 Å². The molecule has 0 amide bonds. The zero-order valence-corrected chi connectivity index (χ0v) is 13.9. The molecular formula is C18H19N3O3. The Morgan fingerprint density at radius 3 is 2.62 bits per heavy atom. The predicted octanol–water partition coefficient (Wildman–Crippen LogP) is 1.85. The largest absolute Gasteiger partial charge is 0.493 e. The number of rotatable bonds is 4. The van der Waals surface area contributed by atoms with Crippen molar-refractivity contribution in [2.75, 3.05) is 6.61 Å². The molecule has 6 heteroatoms. The summed E-state index contributed by atoms with van der Waals surface area (Å²) in [5.41, 5.74) is 1.52. The van der Waals surface area contributed by atoms with E-state index in [1.54, 1.807) is 13.1 Å². The van der Waals surface area contributed by atoms with E-state index in [1.165, 1.54) is 15.3 Å². The Hall–Kier alpha value is -2.89. The van der Waals surface area contributed by atoms with Gasteiger partial charge in [-0.2, -0.15) is 0 Å². The molecule has 0 saturated carbocycles. The number of aryl methyl sites for hydroxylation is 2. The van der Waals surface area contributed by atoms with E-state index in [4.69, 9.17) is 4.74 Å². The maximum Gasteiger partial charge on any atom is 0.332 e. The van der Waals surface area contributed by atoms with Crippen LogP contribution in [0.2, 0.25) is 0 Å². The zero-order chi connectivity index (χ0) is 17.3. The molecule has 2 aromatic heterocycles. The van der Waals surface area contributed by atoms with Crippen LogP contribution in [0, 0.1) is 6.92 Å². The monoisotopic (exact) mass is 325 g/mol. The molecule has 6 nitrogen and oxygen atoms in total. The summed E-state index contributed by atoms with van der Waals surface area (Å²) in [6, 6.07) is 9.34. The molecule has 1 aromatic carbocycles. The van der Waals surface area contributed by atoms with E-state index in [9.17, 15) is 9.59 Å². The molecule has 0 aliphatic carbocycles. The average molecular weight is 325 g/mol. The van der Waals surface area contributed by atoms with Crippen LogP contribution in [0.25, 0.3) is 11.0 Å². The average Bonchev–Trinajstić information content (AvgIpc) is 2.58. The van der Waals surface area contributed by atoms with Gasteiger partial charge in [-0.3, -0.25) is 13.9 Å². The van der Waals surface area contributed by atoms with Crippen LogP contribution in [0.3, 0.4) is 0 Å². The molecule has 2 heterocycles. The first-order valence-corrected chi connectivity index (χ1v) is 7.80. The molecule has 0 N–H and O–H groups in total. The van der Waals surface area contributed by atoms with Gasteiger partial charge in [-0.05, 0) is 31.0 Å². The molecule has 0 unspecified atom stereocenters. The highest BCUT2D eigenvalue weighted by atomic mass is 16.5. The Kier molecular flexibility index (Phi) is 4.20. The van der Waals surface area contributed by atoms with Gasteiger partial charge < -0.3 is 4.74 Å². The van der Waals surface area contributed by atoms with Crippen molar-refractivity contribution in [3.05, 3.63) is 68.5 Å². The van der Waals surface area contributed by atoms with Crippen molar-refractivity contribution >= 4 is 11.0 Å². The van der Waals surface area contributed by atoms with Gasteiger partial charge in [0.05, 0.1) is 13.2 Å². The second kappa shape index (κ2) is 6.31. The fourth-order valence-corrected chi connectivity index (χ4v) is 2.76. The molecule has 0 spiro atoms. The number of hydrogen-bond donors (Lipinski definition) is 0. The van der Waals surface area contributed by atoms with Gasteiger partial charge in [0.25, 0.3) is 5.56 Å². The molecule has 0 bridgehead atoms. The van der Waals surface area contributed by atoms with Crippen molar-refractivity contribution in [3.8, 4) is 5.75 Å². The van der Waals surface area contributed by atoms with E-state index in [2.05, 4.69) is 4.98 Å². The van der Waals surface area contributed by atoms with Crippen LogP contribution in [0.5, 0.6) is 5.75 Å². The molecule has 0 radical (unpaired) electrons. The maximum atomic E-state index is 12.9. The third-order valence-corrected chi connectivity index (χ3v) is 4.08. The molecule has 3 rings (SSSR count). The quantitative estimate of drug-likeness (QED) is 0.734. The van der Waals surface area contributed by atoms with Gasteiger partial charge in [-0.1, -0.05) is 24.3 Å². The molecule has 3 aromatic rings. The second-order valence-electron chi connectivity index (χ2n) is 5.60. The Bertz CT molecular complexity index is 1020. The summed E-state index contributed by atoms with van der Waals surface area (Å²) >= 11 is 0. The Labute approximate surface area is 139 Å². The van der Waals surface area contributed by atoms with Crippen molar-refractivity contribution in [2.24, 2.45) is 7.05 Å². The van der Waals surface area contributed by atoms with Crippen LogP contribution in [0.4, 0.5) is 0 Å². The summed E-state index contributed by atoms with van der Waals surface area (Å²) in [6.07, 6.45) is 1.54. The number of hydrogen-bond acceptors (Lipinski definition) is 4. The fourth-order valence-electron chi connectivity index (χ4n) is 2.76. The second-order valence-corrected chi connectivity index (χ2v) is 5.60. The SMILES string of the molecule is CCOc1ccnc2c1c(=O)n(Cc1ccccc1C)c(=O)n2C. The van der Waals surface area contributed by atoms with Crippen LogP contribution >= 0.6 is 0 Å². The lowest BCUT2D eigenvalue weighted by Crippen LogP contribution is -2.40. The molecular weight excluding hydrogens is 306 g/mol. The number of nitrogens with zero attached hydrogens (tertiary/aromatic N) is 3. The summed E-state index contributed by atoms with van der Waals surface area (Å²) in [7, 11) is 1.61. The molecule has 0 atom stereocenters. The van der Waals surface area contributed by atoms with Crippen LogP contribution < -0.4 is 16.0 Å². The maximum absolute atomic E-state index is 12.9. The minimum absolute atomic E-state index is 0.217. The first-order valence-electron chi connectivity index (χ1n) is 7.80. The van der Waals surface area contributed by atoms with Crippen LogP contribution in [0.15, 0.2) is 46.1 Å². The summed E-state index contributed by atoms with van der Waals surface area (Å²) in [5.74, 6) is 0.446. The van der Waals surface area contributed by atoms with E-state index in [0.717, 1.165) is 11.1 Å². The first kappa shape index (κ1) is 16.0. The molecule has 124 valence electrons. The van der Waals surface area contributed by atoms with Crippen molar-refractivity contribution in [3.63, 3.8) is 0 Å². The minimum atomic E-state index is -0.392. The van der Waals surface area contributed by atoms with Crippen LogP contribution in [0.1, 0.15) is 18.1 Å². The number of pyridine rings is 1. The minimum Gasteiger partial charge on any atom is -0.493 e. The standard InChI is InChI=1S/C18H19N3O3/c1-4-24-14-9-10-19-16-15(14)17(22)21(18(23)20(16)3)11-13-8-6-5-7-12(13)2/h5-10H,4,11H2,1-3H3. The van der Waals surface area contributed by atoms with Gasteiger partial charge in [-0.25, -0.2) is 9.78 Å². The molecule has 0 saturated heterocycles. The molecule has 0 fully saturated rings. The Morgan fingerprint density at radius 1 is 1.17 bits per heavy atom. The number of benzene rings is 1. The van der Waals surface area contributed by atoms with Gasteiger partial charge in [0.15, 0.2) is 5.65 Å². The topological polar surface area (TPSA) is 66.1 Å². The van der Waals surface area contributed by atoms with Crippen molar-refractivity contribution in [1.29, 1.82) is 0 Å². The number of aromatic nitrogens is 3. The highest BCUT2D eigenvalue weighted by molar-refractivity contribution is 5.81. The normalized spacial score (nSPS) is 11.0. The zero-order valence-electron chi connectivity index (χ0n) is 13.9. The first-order chi connectivity index (χ1) is 11.5. The molecule has 0 aliphatic rings. The lowest BCUT2D eigenvalue weighted by Gasteiger charge is -2.13. The van der Waals surface area contributed by atoms with E-state index in [0.29, 0.717) is 23.4 Å². The Morgan fingerprint density at radius 2 is 1.92 bits per heavy atom. The van der Waals surface area contributed by atoms with Gasteiger partial charge in [0.1, 0.15) is 11.1 Å². The third-order valence-electron chi connectivity index (χ3n) is 4.08.